The lowest BCUT2D eigenvalue weighted by Gasteiger charge is -2.19. The molecule has 1 unspecified atom stereocenters. The highest BCUT2D eigenvalue weighted by Gasteiger charge is 2.31. The van der Waals surface area contributed by atoms with Gasteiger partial charge in [-0.1, -0.05) is 13.3 Å². The molecular formula is C7H16NO5P. The number of carboxylic acids is 1. The molecule has 0 amide bonds. The van der Waals surface area contributed by atoms with E-state index in [-0.39, 0.29) is 12.8 Å². The molecule has 0 saturated heterocycles. The van der Waals surface area contributed by atoms with E-state index in [4.69, 9.17) is 20.6 Å². The molecule has 0 bridgehead atoms. The van der Waals surface area contributed by atoms with Crippen LogP contribution in [0.25, 0.3) is 0 Å². The van der Waals surface area contributed by atoms with Crippen LogP contribution in [0.3, 0.4) is 0 Å². The Labute approximate surface area is 82.3 Å². The van der Waals surface area contributed by atoms with Crippen molar-refractivity contribution in [3.63, 3.8) is 0 Å². The van der Waals surface area contributed by atoms with Gasteiger partial charge in [-0.3, -0.25) is 9.36 Å². The minimum absolute atomic E-state index is 0.187. The summed E-state index contributed by atoms with van der Waals surface area (Å²) in [7, 11) is -4.23. The van der Waals surface area contributed by atoms with Crippen LogP contribution >= 0.6 is 7.60 Å². The third kappa shape index (κ3) is 4.72. The number of carbonyl (C=O) groups is 1. The lowest BCUT2D eigenvalue weighted by Crippen LogP contribution is -2.34. The van der Waals surface area contributed by atoms with Gasteiger partial charge in [0.05, 0.1) is 5.66 Å². The van der Waals surface area contributed by atoms with Crippen molar-refractivity contribution in [2.75, 3.05) is 0 Å². The summed E-state index contributed by atoms with van der Waals surface area (Å²) >= 11 is 0. The zero-order valence-corrected chi connectivity index (χ0v) is 8.85. The Morgan fingerprint density at radius 2 is 2.00 bits per heavy atom. The topological polar surface area (TPSA) is 121 Å². The van der Waals surface area contributed by atoms with E-state index >= 15 is 0 Å². The summed E-state index contributed by atoms with van der Waals surface area (Å²) in [4.78, 5) is 28.2. The van der Waals surface area contributed by atoms with E-state index < -0.39 is 25.3 Å². The fourth-order valence-electron chi connectivity index (χ4n) is 1.15. The number of rotatable bonds is 6. The molecule has 0 radical (unpaired) electrons. The number of carboxylic acid groups (broad SMARTS) is 1. The van der Waals surface area contributed by atoms with Gasteiger partial charge in [-0.25, -0.2) is 0 Å². The maximum atomic E-state index is 10.9. The first-order chi connectivity index (χ1) is 6.29. The molecule has 6 nitrogen and oxygen atoms in total. The Bertz CT molecular complexity index is 238. The van der Waals surface area contributed by atoms with E-state index in [0.29, 0.717) is 6.42 Å². The van der Waals surface area contributed by atoms with Crippen molar-refractivity contribution < 1.29 is 24.3 Å². The SMILES string of the molecule is CCCC(C[C@@H](N)C(=O)O)P(=O)(O)O. The number of hydrogen-bond donors (Lipinski definition) is 4. The molecule has 0 aromatic carbocycles. The molecule has 5 N–H and O–H groups in total. The summed E-state index contributed by atoms with van der Waals surface area (Å²) in [6.07, 6.45) is 0.681. The van der Waals surface area contributed by atoms with Crippen molar-refractivity contribution in [1.82, 2.24) is 0 Å². The molecule has 0 rings (SSSR count). The Morgan fingerprint density at radius 1 is 1.50 bits per heavy atom. The van der Waals surface area contributed by atoms with Crippen molar-refractivity contribution in [3.8, 4) is 0 Å². The summed E-state index contributed by atoms with van der Waals surface area (Å²) in [5.74, 6) is -1.24. The van der Waals surface area contributed by atoms with Crippen molar-refractivity contribution in [2.24, 2.45) is 5.73 Å². The van der Waals surface area contributed by atoms with E-state index in [1.54, 1.807) is 6.92 Å². The Kier molecular flexibility index (Phi) is 5.29. The van der Waals surface area contributed by atoms with Gasteiger partial charge in [0, 0.05) is 0 Å². The largest absolute Gasteiger partial charge is 0.480 e. The van der Waals surface area contributed by atoms with Crippen LogP contribution in [0.5, 0.6) is 0 Å². The third-order valence-electron chi connectivity index (χ3n) is 1.94. The van der Waals surface area contributed by atoms with Gasteiger partial charge in [0.15, 0.2) is 0 Å². The molecule has 0 heterocycles. The molecule has 0 aliphatic carbocycles. The van der Waals surface area contributed by atoms with E-state index in [1.165, 1.54) is 0 Å². The predicted octanol–water partition coefficient (Wildman–Crippen LogP) is 0.135. The zero-order valence-electron chi connectivity index (χ0n) is 7.96. The van der Waals surface area contributed by atoms with Gasteiger partial charge in [0.2, 0.25) is 0 Å². The van der Waals surface area contributed by atoms with Gasteiger partial charge >= 0.3 is 13.6 Å². The van der Waals surface area contributed by atoms with Gasteiger partial charge < -0.3 is 20.6 Å². The van der Waals surface area contributed by atoms with E-state index in [2.05, 4.69) is 0 Å². The molecule has 0 spiro atoms. The second-order valence-corrected chi connectivity index (χ2v) is 5.12. The maximum Gasteiger partial charge on any atom is 0.328 e. The molecule has 0 aromatic heterocycles. The number of hydrogen-bond acceptors (Lipinski definition) is 3. The highest BCUT2D eigenvalue weighted by Crippen LogP contribution is 2.45. The molecule has 84 valence electrons. The molecule has 0 aliphatic heterocycles. The highest BCUT2D eigenvalue weighted by atomic mass is 31.2. The minimum Gasteiger partial charge on any atom is -0.480 e. The van der Waals surface area contributed by atoms with Crippen LogP contribution in [-0.2, 0) is 9.36 Å². The van der Waals surface area contributed by atoms with E-state index in [1.807, 2.05) is 0 Å². The van der Waals surface area contributed by atoms with Crippen LogP contribution in [0.2, 0.25) is 0 Å². The maximum absolute atomic E-state index is 10.9. The van der Waals surface area contributed by atoms with Crippen LogP contribution in [0.1, 0.15) is 26.2 Å². The molecule has 0 aromatic rings. The molecule has 0 saturated carbocycles. The molecular weight excluding hydrogens is 209 g/mol. The monoisotopic (exact) mass is 225 g/mol. The van der Waals surface area contributed by atoms with Crippen molar-refractivity contribution in [2.45, 2.75) is 37.9 Å². The summed E-state index contributed by atoms with van der Waals surface area (Å²) in [6.45, 7) is 1.77. The average Bonchev–Trinajstić information content (AvgIpc) is 2.01. The van der Waals surface area contributed by atoms with Crippen LogP contribution < -0.4 is 5.73 Å². The summed E-state index contributed by atoms with van der Waals surface area (Å²) in [5.41, 5.74) is 4.26. The van der Waals surface area contributed by atoms with Crippen LogP contribution in [0.15, 0.2) is 0 Å². The van der Waals surface area contributed by atoms with Crippen LogP contribution in [0.4, 0.5) is 0 Å². The first-order valence-corrected chi connectivity index (χ1v) is 6.00. The Hall–Kier alpha value is -0.420. The minimum atomic E-state index is -4.23. The number of nitrogens with two attached hydrogens (primary N) is 1. The smallest absolute Gasteiger partial charge is 0.328 e. The Balaban J connectivity index is 4.38. The molecule has 7 heteroatoms. The third-order valence-corrected chi connectivity index (χ3v) is 3.36. The second-order valence-electron chi connectivity index (χ2n) is 3.21. The second kappa shape index (κ2) is 5.46. The first-order valence-electron chi connectivity index (χ1n) is 4.32. The fraction of sp³-hybridized carbons (Fsp3) is 0.857. The van der Waals surface area contributed by atoms with E-state index in [9.17, 15) is 9.36 Å². The molecule has 0 aliphatic rings. The molecule has 0 fully saturated rings. The Morgan fingerprint density at radius 3 is 2.29 bits per heavy atom. The highest BCUT2D eigenvalue weighted by molar-refractivity contribution is 7.52. The fourth-order valence-corrected chi connectivity index (χ4v) is 2.25. The van der Waals surface area contributed by atoms with Crippen molar-refractivity contribution in [1.29, 1.82) is 0 Å². The average molecular weight is 225 g/mol. The van der Waals surface area contributed by atoms with Gasteiger partial charge in [-0.2, -0.15) is 0 Å². The lowest BCUT2D eigenvalue weighted by atomic mass is 10.1. The standard InChI is InChI=1S/C7H16NO5P/c1-2-3-5(14(11,12)13)4-6(8)7(9)10/h5-6H,2-4,8H2,1H3,(H,9,10)(H2,11,12,13)/t5?,6-/m1/s1. The number of aliphatic carboxylic acids is 1. The quantitative estimate of drug-likeness (QED) is 0.477. The lowest BCUT2D eigenvalue weighted by molar-refractivity contribution is -0.138. The predicted molar refractivity (Wildman–Crippen MR) is 51.0 cm³/mol. The van der Waals surface area contributed by atoms with Crippen molar-refractivity contribution in [3.05, 3.63) is 0 Å². The van der Waals surface area contributed by atoms with Crippen molar-refractivity contribution >= 4 is 13.6 Å². The normalized spacial score (nSPS) is 16.3. The van der Waals surface area contributed by atoms with Crippen LogP contribution in [0, 0.1) is 0 Å². The van der Waals surface area contributed by atoms with Gasteiger partial charge in [-0.05, 0) is 12.8 Å². The zero-order chi connectivity index (χ0) is 11.4. The summed E-state index contributed by atoms with van der Waals surface area (Å²) < 4.78 is 10.9. The van der Waals surface area contributed by atoms with Gasteiger partial charge in [0.1, 0.15) is 6.04 Å². The summed E-state index contributed by atoms with van der Waals surface area (Å²) in [5, 5.41) is 8.49. The van der Waals surface area contributed by atoms with Crippen LogP contribution in [-0.4, -0.2) is 32.6 Å². The molecule has 14 heavy (non-hydrogen) atoms. The van der Waals surface area contributed by atoms with Gasteiger partial charge in [-0.15, -0.1) is 0 Å². The first kappa shape index (κ1) is 13.6. The summed E-state index contributed by atoms with van der Waals surface area (Å²) in [6, 6.07) is -1.21. The molecule has 2 atom stereocenters. The van der Waals surface area contributed by atoms with Gasteiger partial charge in [0.25, 0.3) is 0 Å². The van der Waals surface area contributed by atoms with E-state index in [0.717, 1.165) is 0 Å².